The van der Waals surface area contributed by atoms with Crippen LogP contribution in [-0.2, 0) is 0 Å². The maximum atomic E-state index is 6.71. The summed E-state index contributed by atoms with van der Waals surface area (Å²) in [4.78, 5) is 3.26. The first-order valence-electron chi connectivity index (χ1n) is 2.56. The summed E-state index contributed by atoms with van der Waals surface area (Å²) in [5.74, 6) is 0. The minimum atomic E-state index is 0.587. The molecule has 0 heterocycles. The minimum absolute atomic E-state index is 0.587. The molecule has 3 heteroatoms. The lowest BCUT2D eigenvalue weighted by Crippen LogP contribution is -1.65. The second kappa shape index (κ2) is 3.05. The molecule has 0 saturated carbocycles. The van der Waals surface area contributed by atoms with Crippen molar-refractivity contribution in [2.24, 2.45) is 0 Å². The van der Waals surface area contributed by atoms with E-state index >= 15 is 0 Å². The van der Waals surface area contributed by atoms with Crippen LogP contribution in [0.3, 0.4) is 0 Å². The molecule has 1 rings (SSSR count). The van der Waals surface area contributed by atoms with E-state index in [-0.39, 0.29) is 0 Å². The summed E-state index contributed by atoms with van der Waals surface area (Å²) in [7, 11) is 0. The van der Waals surface area contributed by atoms with Crippen LogP contribution in [-0.4, -0.2) is 0 Å². The summed E-state index contributed by atoms with van der Waals surface area (Å²) in [5.41, 5.74) is 0.587. The van der Waals surface area contributed by atoms with Crippen LogP contribution in [0.15, 0.2) is 22.7 Å². The zero-order valence-electron chi connectivity index (χ0n) is 4.94. The average molecular weight is 216 g/mol. The standard InChI is InChI=1S/C7H3BrClN/c1-10-7-3-2-5(9)4-6(7)8/h2-4H. The van der Waals surface area contributed by atoms with Gasteiger partial charge in [0.2, 0.25) is 5.69 Å². The van der Waals surface area contributed by atoms with Crippen molar-refractivity contribution in [2.75, 3.05) is 0 Å². The van der Waals surface area contributed by atoms with Gasteiger partial charge in [0.1, 0.15) is 0 Å². The SMILES string of the molecule is [C-]#[N+]c1ccc(Cl)cc1Br. The van der Waals surface area contributed by atoms with Crippen molar-refractivity contribution >= 4 is 33.2 Å². The van der Waals surface area contributed by atoms with Crippen LogP contribution in [0.4, 0.5) is 5.69 Å². The van der Waals surface area contributed by atoms with E-state index in [1.54, 1.807) is 18.2 Å². The lowest BCUT2D eigenvalue weighted by molar-refractivity contribution is 1.66. The van der Waals surface area contributed by atoms with Crippen LogP contribution in [0.5, 0.6) is 0 Å². The highest BCUT2D eigenvalue weighted by molar-refractivity contribution is 9.10. The molecule has 0 aliphatic heterocycles. The van der Waals surface area contributed by atoms with E-state index < -0.39 is 0 Å². The van der Waals surface area contributed by atoms with Gasteiger partial charge in [-0.25, -0.2) is 4.85 Å². The van der Waals surface area contributed by atoms with Crippen molar-refractivity contribution in [3.63, 3.8) is 0 Å². The lowest BCUT2D eigenvalue weighted by atomic mass is 10.3. The molecular weight excluding hydrogens is 213 g/mol. The molecule has 1 nitrogen and oxygen atoms in total. The summed E-state index contributed by atoms with van der Waals surface area (Å²) in [5, 5.41) is 0.638. The maximum Gasteiger partial charge on any atom is 0.201 e. The summed E-state index contributed by atoms with van der Waals surface area (Å²) >= 11 is 8.85. The third kappa shape index (κ3) is 1.50. The number of rotatable bonds is 0. The van der Waals surface area contributed by atoms with Gasteiger partial charge in [-0.05, 0) is 6.07 Å². The second-order valence-electron chi connectivity index (χ2n) is 1.71. The Kier molecular flexibility index (Phi) is 2.31. The number of benzene rings is 1. The Bertz CT molecular complexity index is 290. The molecule has 10 heavy (non-hydrogen) atoms. The molecule has 0 aromatic heterocycles. The molecule has 0 N–H and O–H groups in total. The fourth-order valence-corrected chi connectivity index (χ4v) is 1.34. The number of nitrogens with zero attached hydrogens (tertiary/aromatic N) is 1. The van der Waals surface area contributed by atoms with Crippen LogP contribution in [0.2, 0.25) is 5.02 Å². The molecule has 0 saturated heterocycles. The third-order valence-electron chi connectivity index (χ3n) is 1.03. The molecule has 1 aromatic carbocycles. The van der Waals surface area contributed by atoms with Crippen molar-refractivity contribution in [3.05, 3.63) is 39.1 Å². The van der Waals surface area contributed by atoms with Crippen LogP contribution in [0, 0.1) is 6.57 Å². The average Bonchev–Trinajstić information content (AvgIpc) is 1.88. The summed E-state index contributed by atoms with van der Waals surface area (Å²) in [6.45, 7) is 6.71. The Labute approximate surface area is 72.6 Å². The van der Waals surface area contributed by atoms with Gasteiger partial charge in [0.25, 0.3) is 0 Å². The summed E-state index contributed by atoms with van der Waals surface area (Å²) < 4.78 is 0.745. The quantitative estimate of drug-likeness (QED) is 0.583. The molecule has 0 unspecified atom stereocenters. The van der Waals surface area contributed by atoms with Crippen molar-refractivity contribution < 1.29 is 0 Å². The fraction of sp³-hybridized carbons (Fsp3) is 0. The molecule has 0 atom stereocenters. The third-order valence-corrected chi connectivity index (χ3v) is 1.90. The zero-order valence-corrected chi connectivity index (χ0v) is 7.28. The predicted molar refractivity (Wildman–Crippen MR) is 45.4 cm³/mol. The largest absolute Gasteiger partial charge is 0.237 e. The topological polar surface area (TPSA) is 4.36 Å². The van der Waals surface area contributed by atoms with E-state index in [0.29, 0.717) is 10.7 Å². The van der Waals surface area contributed by atoms with Crippen molar-refractivity contribution in [3.8, 4) is 0 Å². The first kappa shape index (κ1) is 7.59. The summed E-state index contributed by atoms with van der Waals surface area (Å²) in [6, 6.07) is 5.08. The summed E-state index contributed by atoms with van der Waals surface area (Å²) in [6.07, 6.45) is 0. The van der Waals surface area contributed by atoms with Crippen molar-refractivity contribution in [2.45, 2.75) is 0 Å². The van der Waals surface area contributed by atoms with Gasteiger partial charge in [0.15, 0.2) is 0 Å². The molecule has 50 valence electrons. The molecule has 0 fully saturated rings. The van der Waals surface area contributed by atoms with E-state index in [9.17, 15) is 0 Å². The fourth-order valence-electron chi connectivity index (χ4n) is 0.572. The molecule has 1 aromatic rings. The Morgan fingerprint density at radius 3 is 2.70 bits per heavy atom. The highest BCUT2D eigenvalue weighted by Crippen LogP contribution is 2.27. The Balaban J connectivity index is 3.23. The van der Waals surface area contributed by atoms with Crippen LogP contribution < -0.4 is 0 Å². The Morgan fingerprint density at radius 1 is 1.50 bits per heavy atom. The van der Waals surface area contributed by atoms with E-state index in [0.717, 1.165) is 4.47 Å². The van der Waals surface area contributed by atoms with Gasteiger partial charge < -0.3 is 0 Å². The van der Waals surface area contributed by atoms with Gasteiger partial charge in [-0.1, -0.05) is 39.7 Å². The smallest absolute Gasteiger partial charge is 0.201 e. The van der Waals surface area contributed by atoms with Gasteiger partial charge in [0.05, 0.1) is 6.57 Å². The van der Waals surface area contributed by atoms with Gasteiger partial charge >= 0.3 is 0 Å². The van der Waals surface area contributed by atoms with Gasteiger partial charge in [-0.3, -0.25) is 0 Å². The second-order valence-corrected chi connectivity index (χ2v) is 3.00. The first-order valence-corrected chi connectivity index (χ1v) is 3.73. The Morgan fingerprint density at radius 2 is 2.20 bits per heavy atom. The molecule has 0 aliphatic rings. The van der Waals surface area contributed by atoms with Crippen LogP contribution in [0.25, 0.3) is 4.85 Å². The van der Waals surface area contributed by atoms with Crippen molar-refractivity contribution in [1.82, 2.24) is 0 Å². The molecule has 0 spiro atoms. The van der Waals surface area contributed by atoms with E-state index in [2.05, 4.69) is 20.8 Å². The highest BCUT2D eigenvalue weighted by Gasteiger charge is 1.97. The maximum absolute atomic E-state index is 6.71. The van der Waals surface area contributed by atoms with Gasteiger partial charge in [-0.15, -0.1) is 0 Å². The molecule has 0 aliphatic carbocycles. The zero-order chi connectivity index (χ0) is 7.56. The number of hydrogen-bond acceptors (Lipinski definition) is 0. The van der Waals surface area contributed by atoms with E-state index in [4.69, 9.17) is 18.2 Å². The molecule has 0 radical (unpaired) electrons. The predicted octanol–water partition coefficient (Wildman–Crippen LogP) is 3.65. The van der Waals surface area contributed by atoms with Crippen LogP contribution in [0.1, 0.15) is 0 Å². The molecule has 0 bridgehead atoms. The van der Waals surface area contributed by atoms with Gasteiger partial charge in [0, 0.05) is 9.50 Å². The Hall–Kier alpha value is -0.520. The minimum Gasteiger partial charge on any atom is -0.237 e. The molecular formula is C7H3BrClN. The number of halogens is 2. The normalized spacial score (nSPS) is 8.90. The monoisotopic (exact) mass is 215 g/mol. The van der Waals surface area contributed by atoms with E-state index in [1.165, 1.54) is 0 Å². The highest BCUT2D eigenvalue weighted by atomic mass is 79.9. The lowest BCUT2D eigenvalue weighted by Gasteiger charge is -1.93. The molecule has 0 amide bonds. The van der Waals surface area contributed by atoms with Crippen molar-refractivity contribution in [1.29, 1.82) is 0 Å². The van der Waals surface area contributed by atoms with Gasteiger partial charge in [-0.2, -0.15) is 0 Å². The number of hydrogen-bond donors (Lipinski definition) is 0. The van der Waals surface area contributed by atoms with Crippen LogP contribution >= 0.6 is 27.5 Å². The van der Waals surface area contributed by atoms with E-state index in [1.807, 2.05) is 0 Å². The first-order chi connectivity index (χ1) is 4.74.